The van der Waals surface area contributed by atoms with E-state index in [0.29, 0.717) is 22.9 Å². The van der Waals surface area contributed by atoms with E-state index >= 15 is 0 Å². The first-order valence-electron chi connectivity index (χ1n) is 9.20. The Morgan fingerprint density at radius 2 is 1.93 bits per heavy atom. The summed E-state index contributed by atoms with van der Waals surface area (Å²) in [6, 6.07) is 12.5. The van der Waals surface area contributed by atoms with Gasteiger partial charge >= 0.3 is 5.97 Å². The number of ether oxygens (including phenoxy) is 1. The molecule has 0 aliphatic heterocycles. The molecule has 0 saturated heterocycles. The Kier molecular flexibility index (Phi) is 5.99. The molecular formula is C21H23ClN3O3+. The minimum Gasteiger partial charge on any atom is -0.462 e. The van der Waals surface area contributed by atoms with Crippen LogP contribution in [-0.2, 0) is 22.6 Å². The van der Waals surface area contributed by atoms with Crippen molar-refractivity contribution in [3.8, 4) is 0 Å². The molecule has 7 heteroatoms. The average Bonchev–Trinajstić information content (AvgIpc) is 2.94. The number of benzene rings is 2. The maximum absolute atomic E-state index is 12.7. The molecule has 0 aliphatic rings. The van der Waals surface area contributed by atoms with Gasteiger partial charge in [-0.25, -0.2) is 13.9 Å². The quantitative estimate of drug-likeness (QED) is 0.506. The Balaban J connectivity index is 1.97. The highest BCUT2D eigenvalue weighted by Crippen LogP contribution is 2.21. The Hall–Kier alpha value is -2.86. The maximum atomic E-state index is 12.7. The monoisotopic (exact) mass is 400 g/mol. The number of fused-ring (bicyclic) bond motifs is 1. The van der Waals surface area contributed by atoms with Crippen molar-refractivity contribution < 1.29 is 18.9 Å². The van der Waals surface area contributed by atoms with Crippen LogP contribution in [0.4, 0.5) is 5.69 Å². The van der Waals surface area contributed by atoms with E-state index < -0.39 is 0 Å². The Morgan fingerprint density at radius 1 is 1.18 bits per heavy atom. The third-order valence-corrected chi connectivity index (χ3v) is 4.94. The Morgan fingerprint density at radius 3 is 2.61 bits per heavy atom. The van der Waals surface area contributed by atoms with Crippen LogP contribution in [0.2, 0.25) is 5.02 Å². The van der Waals surface area contributed by atoms with Gasteiger partial charge in [0, 0.05) is 13.0 Å². The SMILES string of the molecule is CCOC(=O)c1ccc2c(c1)n(CC(=O)Nc1ccccc1Cl)c(C)[n+]2CC. The number of aromatic nitrogens is 2. The van der Waals surface area contributed by atoms with Crippen molar-refractivity contribution in [2.45, 2.75) is 33.9 Å². The van der Waals surface area contributed by atoms with Crippen LogP contribution in [0, 0.1) is 6.92 Å². The molecule has 0 fully saturated rings. The van der Waals surface area contributed by atoms with Gasteiger partial charge in [-0.1, -0.05) is 23.7 Å². The minimum absolute atomic E-state index is 0.104. The highest BCUT2D eigenvalue weighted by molar-refractivity contribution is 6.33. The summed E-state index contributed by atoms with van der Waals surface area (Å²) in [5.41, 5.74) is 2.79. The predicted molar refractivity (Wildman–Crippen MR) is 109 cm³/mol. The summed E-state index contributed by atoms with van der Waals surface area (Å²) < 4.78 is 9.11. The van der Waals surface area contributed by atoms with Gasteiger partial charge in [0.15, 0.2) is 17.6 Å². The summed E-state index contributed by atoms with van der Waals surface area (Å²) >= 11 is 6.13. The number of amides is 1. The highest BCUT2D eigenvalue weighted by Gasteiger charge is 2.24. The van der Waals surface area contributed by atoms with Crippen LogP contribution in [0.25, 0.3) is 11.0 Å². The molecule has 0 bridgehead atoms. The molecular weight excluding hydrogens is 378 g/mol. The second kappa shape index (κ2) is 8.44. The van der Waals surface area contributed by atoms with Crippen molar-refractivity contribution in [3.05, 3.63) is 58.9 Å². The Labute approximate surface area is 168 Å². The summed E-state index contributed by atoms with van der Waals surface area (Å²) in [6.07, 6.45) is 0. The van der Waals surface area contributed by atoms with Crippen LogP contribution in [0.3, 0.4) is 0 Å². The summed E-state index contributed by atoms with van der Waals surface area (Å²) in [5.74, 6) is 0.351. The molecule has 1 heterocycles. The number of nitrogens with one attached hydrogen (secondary N) is 1. The van der Waals surface area contributed by atoms with Gasteiger partial charge in [0.2, 0.25) is 0 Å². The van der Waals surface area contributed by atoms with Gasteiger partial charge in [-0.15, -0.1) is 0 Å². The van der Waals surface area contributed by atoms with Crippen LogP contribution in [0.15, 0.2) is 42.5 Å². The summed E-state index contributed by atoms with van der Waals surface area (Å²) in [4.78, 5) is 24.8. The molecule has 1 aromatic heterocycles. The molecule has 3 rings (SSSR count). The fourth-order valence-electron chi connectivity index (χ4n) is 3.30. The Bertz CT molecular complexity index is 1040. The van der Waals surface area contributed by atoms with Gasteiger partial charge in [0.25, 0.3) is 11.7 Å². The molecule has 0 radical (unpaired) electrons. The minimum atomic E-state index is -0.377. The third kappa shape index (κ3) is 3.87. The van der Waals surface area contributed by atoms with E-state index in [1.165, 1.54) is 0 Å². The first-order valence-corrected chi connectivity index (χ1v) is 9.58. The van der Waals surface area contributed by atoms with Gasteiger partial charge in [-0.05, 0) is 38.1 Å². The van der Waals surface area contributed by atoms with E-state index in [9.17, 15) is 9.59 Å². The number of esters is 1. The lowest BCUT2D eigenvalue weighted by molar-refractivity contribution is -0.674. The fraction of sp³-hybridized carbons (Fsp3) is 0.286. The molecule has 0 saturated carbocycles. The topological polar surface area (TPSA) is 64.2 Å². The predicted octanol–water partition coefficient (Wildman–Crippen LogP) is 3.73. The second-order valence-corrected chi connectivity index (χ2v) is 6.74. The number of nitrogens with zero attached hydrogens (tertiary/aromatic N) is 2. The van der Waals surface area contributed by atoms with Crippen LogP contribution >= 0.6 is 11.6 Å². The number of carbonyl (C=O) groups is 2. The summed E-state index contributed by atoms with van der Waals surface area (Å²) in [6.45, 7) is 6.93. The zero-order chi connectivity index (χ0) is 20.3. The average molecular weight is 401 g/mol. The summed E-state index contributed by atoms with van der Waals surface area (Å²) in [5, 5.41) is 3.33. The lowest BCUT2D eigenvalue weighted by Crippen LogP contribution is -2.35. The lowest BCUT2D eigenvalue weighted by Gasteiger charge is -2.06. The molecule has 1 N–H and O–H groups in total. The summed E-state index contributed by atoms with van der Waals surface area (Å²) in [7, 11) is 0. The van der Waals surface area contributed by atoms with E-state index in [1.807, 2.05) is 36.6 Å². The van der Waals surface area contributed by atoms with Gasteiger partial charge in [0.05, 0.1) is 29.4 Å². The largest absolute Gasteiger partial charge is 0.462 e. The van der Waals surface area contributed by atoms with Crippen LogP contribution < -0.4 is 9.88 Å². The molecule has 28 heavy (non-hydrogen) atoms. The molecule has 0 unspecified atom stereocenters. The van der Waals surface area contributed by atoms with E-state index in [4.69, 9.17) is 16.3 Å². The number of aryl methyl sites for hydroxylation is 1. The van der Waals surface area contributed by atoms with E-state index in [-0.39, 0.29) is 18.4 Å². The number of hydrogen-bond donors (Lipinski definition) is 1. The first kappa shape index (κ1) is 19.9. The standard InChI is InChI=1S/C21H22ClN3O3/c1-4-24-14(3)25(13-20(26)23-17-9-7-6-8-16(17)22)19-12-15(10-11-18(19)24)21(27)28-5-2/h6-12H,4-5,13H2,1-3H3/p+1. The molecule has 1 amide bonds. The van der Waals surface area contributed by atoms with Crippen LogP contribution in [-0.4, -0.2) is 23.1 Å². The lowest BCUT2D eigenvalue weighted by atomic mass is 10.2. The zero-order valence-electron chi connectivity index (χ0n) is 16.2. The smallest absolute Gasteiger partial charge is 0.338 e. The molecule has 2 aromatic carbocycles. The van der Waals surface area contributed by atoms with Crippen molar-refractivity contribution in [3.63, 3.8) is 0 Å². The van der Waals surface area contributed by atoms with Crippen molar-refractivity contribution >= 4 is 40.2 Å². The molecule has 0 aliphatic carbocycles. The van der Waals surface area contributed by atoms with Gasteiger partial charge in [0.1, 0.15) is 0 Å². The van der Waals surface area contributed by atoms with E-state index in [0.717, 1.165) is 23.4 Å². The number of para-hydroxylation sites is 1. The molecule has 6 nitrogen and oxygen atoms in total. The van der Waals surface area contributed by atoms with E-state index in [2.05, 4.69) is 9.88 Å². The van der Waals surface area contributed by atoms with Crippen LogP contribution in [0.5, 0.6) is 0 Å². The fourth-order valence-corrected chi connectivity index (χ4v) is 3.48. The number of imidazole rings is 1. The number of rotatable bonds is 6. The third-order valence-electron chi connectivity index (χ3n) is 4.62. The molecule has 0 spiro atoms. The number of hydrogen-bond acceptors (Lipinski definition) is 3. The zero-order valence-corrected chi connectivity index (χ0v) is 16.9. The highest BCUT2D eigenvalue weighted by atomic mass is 35.5. The van der Waals surface area contributed by atoms with Gasteiger partial charge in [-0.2, -0.15) is 0 Å². The molecule has 146 valence electrons. The normalized spacial score (nSPS) is 10.9. The van der Waals surface area contributed by atoms with Crippen molar-refractivity contribution in [2.24, 2.45) is 0 Å². The number of anilines is 1. The molecule has 0 atom stereocenters. The van der Waals surface area contributed by atoms with Crippen molar-refractivity contribution in [1.82, 2.24) is 4.57 Å². The second-order valence-electron chi connectivity index (χ2n) is 6.33. The number of carbonyl (C=O) groups excluding carboxylic acids is 2. The van der Waals surface area contributed by atoms with Crippen molar-refractivity contribution in [2.75, 3.05) is 11.9 Å². The van der Waals surface area contributed by atoms with Crippen molar-refractivity contribution in [1.29, 1.82) is 0 Å². The van der Waals surface area contributed by atoms with Gasteiger partial charge < -0.3 is 10.1 Å². The van der Waals surface area contributed by atoms with Gasteiger partial charge in [-0.3, -0.25) is 4.79 Å². The first-order chi connectivity index (χ1) is 13.5. The molecule has 3 aromatic rings. The van der Waals surface area contributed by atoms with Crippen LogP contribution in [0.1, 0.15) is 30.0 Å². The maximum Gasteiger partial charge on any atom is 0.338 e. The number of halogens is 1. The van der Waals surface area contributed by atoms with E-state index in [1.54, 1.807) is 31.2 Å².